The molecular weight excluding hydrogens is 354 g/mol. The normalized spacial score (nSPS) is 10.8. The van der Waals surface area contributed by atoms with Crippen LogP contribution in [0.15, 0.2) is 65.7 Å². The summed E-state index contributed by atoms with van der Waals surface area (Å²) in [7, 11) is 0. The van der Waals surface area contributed by atoms with E-state index in [1.54, 1.807) is 11.8 Å². The maximum absolute atomic E-state index is 12.1. The van der Waals surface area contributed by atoms with Gasteiger partial charge in [0.1, 0.15) is 5.03 Å². The first-order chi connectivity index (χ1) is 13.0. The van der Waals surface area contributed by atoms with Crippen LogP contribution < -0.4 is 5.32 Å². The van der Waals surface area contributed by atoms with Crippen molar-refractivity contribution >= 4 is 17.7 Å². The molecule has 138 valence electrons. The molecule has 0 spiro atoms. The number of amides is 1. The zero-order valence-electron chi connectivity index (χ0n) is 15.8. The molecule has 0 saturated heterocycles. The topological polar surface area (TPSA) is 54.9 Å². The molecule has 0 radical (unpaired) electrons. The second-order valence-corrected chi connectivity index (χ2v) is 7.74. The Labute approximate surface area is 164 Å². The first kappa shape index (κ1) is 19.1. The van der Waals surface area contributed by atoms with Crippen LogP contribution in [0.3, 0.4) is 0 Å². The van der Waals surface area contributed by atoms with Crippen molar-refractivity contribution in [2.45, 2.75) is 37.6 Å². The third-order valence-electron chi connectivity index (χ3n) is 3.98. The maximum atomic E-state index is 12.1. The summed E-state index contributed by atoms with van der Waals surface area (Å²) < 4.78 is 0. The molecule has 0 saturated carbocycles. The van der Waals surface area contributed by atoms with E-state index in [-0.39, 0.29) is 11.9 Å². The highest BCUT2D eigenvalue weighted by Crippen LogP contribution is 2.23. The second kappa shape index (κ2) is 8.82. The summed E-state index contributed by atoms with van der Waals surface area (Å²) in [6.45, 7) is 5.98. The van der Waals surface area contributed by atoms with Crippen LogP contribution in [0, 0.1) is 6.92 Å². The van der Waals surface area contributed by atoms with Crippen molar-refractivity contribution in [2.24, 2.45) is 0 Å². The average Bonchev–Trinajstić information content (AvgIpc) is 2.67. The Morgan fingerprint density at radius 2 is 1.81 bits per heavy atom. The number of rotatable bonds is 6. The van der Waals surface area contributed by atoms with Crippen molar-refractivity contribution in [1.29, 1.82) is 0 Å². The van der Waals surface area contributed by atoms with Crippen LogP contribution in [-0.2, 0) is 5.75 Å². The summed E-state index contributed by atoms with van der Waals surface area (Å²) in [5.41, 5.74) is 4.92. The highest BCUT2D eigenvalue weighted by molar-refractivity contribution is 7.98. The van der Waals surface area contributed by atoms with E-state index in [0.717, 1.165) is 27.6 Å². The number of carbonyl (C=O) groups is 1. The smallest absolute Gasteiger partial charge is 0.251 e. The van der Waals surface area contributed by atoms with Gasteiger partial charge >= 0.3 is 0 Å². The van der Waals surface area contributed by atoms with Crippen LogP contribution in [0.2, 0.25) is 0 Å². The minimum Gasteiger partial charge on any atom is -0.350 e. The monoisotopic (exact) mass is 377 g/mol. The van der Waals surface area contributed by atoms with Gasteiger partial charge in [-0.05, 0) is 50.6 Å². The molecule has 1 N–H and O–H groups in total. The number of carbonyl (C=O) groups excluding carboxylic acids is 1. The molecule has 0 aliphatic rings. The van der Waals surface area contributed by atoms with Gasteiger partial charge in [-0.1, -0.05) is 53.7 Å². The zero-order valence-corrected chi connectivity index (χ0v) is 16.6. The Morgan fingerprint density at radius 3 is 2.48 bits per heavy atom. The molecule has 5 heteroatoms. The quantitative estimate of drug-likeness (QED) is 0.622. The highest BCUT2D eigenvalue weighted by Gasteiger charge is 2.08. The Kier molecular flexibility index (Phi) is 6.24. The molecule has 3 aromatic rings. The second-order valence-electron chi connectivity index (χ2n) is 6.74. The zero-order chi connectivity index (χ0) is 19.2. The maximum Gasteiger partial charge on any atom is 0.251 e. The fourth-order valence-corrected chi connectivity index (χ4v) is 3.34. The third-order valence-corrected chi connectivity index (χ3v) is 4.97. The van der Waals surface area contributed by atoms with Gasteiger partial charge < -0.3 is 5.32 Å². The Balaban J connectivity index is 1.63. The molecule has 4 nitrogen and oxygen atoms in total. The van der Waals surface area contributed by atoms with Gasteiger partial charge in [-0.25, -0.2) is 0 Å². The van der Waals surface area contributed by atoms with Gasteiger partial charge in [0, 0.05) is 22.9 Å². The van der Waals surface area contributed by atoms with Crippen LogP contribution in [0.25, 0.3) is 11.3 Å². The van der Waals surface area contributed by atoms with Crippen LogP contribution in [0.5, 0.6) is 0 Å². The molecule has 27 heavy (non-hydrogen) atoms. The van der Waals surface area contributed by atoms with Gasteiger partial charge in [0.15, 0.2) is 0 Å². The van der Waals surface area contributed by atoms with Gasteiger partial charge in [-0.2, -0.15) is 0 Å². The Hall–Kier alpha value is -2.66. The van der Waals surface area contributed by atoms with E-state index >= 15 is 0 Å². The summed E-state index contributed by atoms with van der Waals surface area (Å²) in [5.74, 6) is 0.695. The van der Waals surface area contributed by atoms with Crippen molar-refractivity contribution in [2.75, 3.05) is 0 Å². The van der Waals surface area contributed by atoms with Crippen molar-refractivity contribution in [3.8, 4) is 11.3 Å². The van der Waals surface area contributed by atoms with E-state index in [4.69, 9.17) is 0 Å². The standard InChI is InChI=1S/C22H23N3OS/c1-15(2)23-22(26)19-6-4-5-17(13-19)14-27-21-12-11-20(24-25-21)18-9-7-16(3)8-10-18/h4-13,15H,14H2,1-3H3,(H,23,26). The van der Waals surface area contributed by atoms with E-state index in [1.165, 1.54) is 5.56 Å². The number of aryl methyl sites for hydroxylation is 1. The van der Waals surface area contributed by atoms with E-state index in [9.17, 15) is 4.79 Å². The largest absolute Gasteiger partial charge is 0.350 e. The van der Waals surface area contributed by atoms with Crippen LogP contribution in [-0.4, -0.2) is 22.1 Å². The van der Waals surface area contributed by atoms with Crippen molar-refractivity contribution in [3.63, 3.8) is 0 Å². The molecule has 0 aliphatic carbocycles. The number of nitrogens with one attached hydrogen (secondary N) is 1. The van der Waals surface area contributed by atoms with Crippen molar-refractivity contribution < 1.29 is 4.79 Å². The molecule has 0 bridgehead atoms. The molecule has 0 fully saturated rings. The van der Waals surface area contributed by atoms with Crippen LogP contribution in [0.4, 0.5) is 0 Å². The molecule has 1 amide bonds. The molecule has 3 rings (SSSR count). The predicted molar refractivity (Wildman–Crippen MR) is 111 cm³/mol. The molecule has 1 heterocycles. The van der Waals surface area contributed by atoms with Gasteiger partial charge in [0.25, 0.3) is 5.91 Å². The fourth-order valence-electron chi connectivity index (χ4n) is 2.58. The number of hydrogen-bond donors (Lipinski definition) is 1. The Bertz CT molecular complexity index is 906. The third kappa shape index (κ3) is 5.41. The van der Waals surface area contributed by atoms with Crippen LogP contribution in [0.1, 0.15) is 35.3 Å². The molecule has 2 aromatic carbocycles. The summed E-state index contributed by atoms with van der Waals surface area (Å²) in [6.07, 6.45) is 0. The lowest BCUT2D eigenvalue weighted by molar-refractivity contribution is 0.0943. The lowest BCUT2D eigenvalue weighted by Gasteiger charge is -2.09. The number of benzene rings is 2. The van der Waals surface area contributed by atoms with E-state index < -0.39 is 0 Å². The van der Waals surface area contributed by atoms with Crippen molar-refractivity contribution in [3.05, 3.63) is 77.4 Å². The summed E-state index contributed by atoms with van der Waals surface area (Å²) in [4.78, 5) is 12.1. The SMILES string of the molecule is Cc1ccc(-c2ccc(SCc3cccc(C(=O)NC(C)C)c3)nn2)cc1. The summed E-state index contributed by atoms with van der Waals surface area (Å²) in [5, 5.41) is 12.4. The molecule has 0 aliphatic heterocycles. The predicted octanol–water partition coefficient (Wildman–Crippen LogP) is 4.88. The fraction of sp³-hybridized carbons (Fsp3) is 0.227. The highest BCUT2D eigenvalue weighted by atomic mass is 32.2. The van der Waals surface area contributed by atoms with Gasteiger partial charge in [0.05, 0.1) is 5.69 Å². The molecule has 0 unspecified atom stereocenters. The van der Waals surface area contributed by atoms with E-state index in [0.29, 0.717) is 5.56 Å². The lowest BCUT2D eigenvalue weighted by Crippen LogP contribution is -2.30. The summed E-state index contributed by atoms with van der Waals surface area (Å²) >= 11 is 1.61. The minimum absolute atomic E-state index is 0.0425. The number of thioether (sulfide) groups is 1. The minimum atomic E-state index is -0.0425. The molecular formula is C22H23N3OS. The number of aromatic nitrogens is 2. The molecule has 0 atom stereocenters. The lowest BCUT2D eigenvalue weighted by atomic mass is 10.1. The number of hydrogen-bond acceptors (Lipinski definition) is 4. The summed E-state index contributed by atoms with van der Waals surface area (Å²) in [6, 6.07) is 20.1. The van der Waals surface area contributed by atoms with E-state index in [1.807, 2.05) is 50.2 Å². The first-order valence-electron chi connectivity index (χ1n) is 8.94. The Morgan fingerprint density at radius 1 is 1.04 bits per heavy atom. The van der Waals surface area contributed by atoms with E-state index in [2.05, 4.69) is 46.7 Å². The molecule has 1 aromatic heterocycles. The van der Waals surface area contributed by atoms with Gasteiger partial charge in [0.2, 0.25) is 0 Å². The van der Waals surface area contributed by atoms with Crippen molar-refractivity contribution in [1.82, 2.24) is 15.5 Å². The number of nitrogens with zero attached hydrogens (tertiary/aromatic N) is 2. The average molecular weight is 378 g/mol. The van der Waals surface area contributed by atoms with Crippen LogP contribution >= 0.6 is 11.8 Å². The van der Waals surface area contributed by atoms with Gasteiger partial charge in [-0.3, -0.25) is 4.79 Å². The van der Waals surface area contributed by atoms with Gasteiger partial charge in [-0.15, -0.1) is 10.2 Å². The first-order valence-corrected chi connectivity index (χ1v) is 9.93.